The van der Waals surface area contributed by atoms with Crippen LogP contribution in [0.4, 0.5) is 0 Å². The predicted octanol–water partition coefficient (Wildman–Crippen LogP) is 2.80. The average molecular weight is 266 g/mol. The zero-order valence-electron chi connectivity index (χ0n) is 12.5. The summed E-state index contributed by atoms with van der Waals surface area (Å²) in [5.41, 5.74) is 0. The quantitative estimate of drug-likeness (QED) is 0.794. The minimum absolute atomic E-state index is 0.424. The van der Waals surface area contributed by atoms with Crippen molar-refractivity contribution in [2.24, 2.45) is 11.8 Å². The fraction of sp³-hybridized carbons (Fsp3) is 0.938. The molecule has 1 amide bonds. The lowest BCUT2D eigenvalue weighted by molar-refractivity contribution is -0.134. The summed E-state index contributed by atoms with van der Waals surface area (Å²) in [5, 5.41) is 3.25. The van der Waals surface area contributed by atoms with Crippen LogP contribution in [0.15, 0.2) is 0 Å². The predicted molar refractivity (Wildman–Crippen MR) is 79.0 cm³/mol. The van der Waals surface area contributed by atoms with E-state index in [0.29, 0.717) is 17.7 Å². The monoisotopic (exact) mass is 266 g/mol. The SMILES string of the molecule is CNCC1CCCN(C(=O)CC2CCCCCC2)C1. The third-order valence-electron chi connectivity index (χ3n) is 4.80. The van der Waals surface area contributed by atoms with Gasteiger partial charge in [0.25, 0.3) is 0 Å². The Balaban J connectivity index is 1.78. The molecule has 3 nitrogen and oxygen atoms in total. The van der Waals surface area contributed by atoms with Crippen molar-refractivity contribution >= 4 is 5.91 Å². The summed E-state index contributed by atoms with van der Waals surface area (Å²) < 4.78 is 0. The molecule has 3 heteroatoms. The molecule has 1 saturated carbocycles. The molecule has 2 fully saturated rings. The number of rotatable bonds is 4. The van der Waals surface area contributed by atoms with Crippen molar-refractivity contribution in [2.75, 3.05) is 26.7 Å². The molecule has 1 aliphatic carbocycles. The molecule has 2 rings (SSSR count). The van der Waals surface area contributed by atoms with Gasteiger partial charge in [-0.05, 0) is 51.1 Å². The van der Waals surface area contributed by atoms with Gasteiger partial charge in [-0.3, -0.25) is 4.79 Å². The van der Waals surface area contributed by atoms with E-state index in [9.17, 15) is 4.79 Å². The largest absolute Gasteiger partial charge is 0.342 e. The standard InChI is InChI=1S/C16H30N2O/c1-17-12-15-9-6-10-18(13-15)16(19)11-14-7-4-2-3-5-8-14/h14-15,17H,2-13H2,1H3. The first-order valence-electron chi connectivity index (χ1n) is 8.22. The van der Waals surface area contributed by atoms with Gasteiger partial charge in [0.05, 0.1) is 0 Å². The Bertz CT molecular complexity index is 270. The van der Waals surface area contributed by atoms with Crippen LogP contribution in [-0.2, 0) is 4.79 Å². The van der Waals surface area contributed by atoms with Gasteiger partial charge in [0.15, 0.2) is 0 Å². The van der Waals surface area contributed by atoms with Crippen LogP contribution in [0.3, 0.4) is 0 Å². The maximum atomic E-state index is 12.4. The minimum atomic E-state index is 0.424. The first kappa shape index (κ1) is 14.8. The third-order valence-corrected chi connectivity index (χ3v) is 4.80. The number of carbonyl (C=O) groups excluding carboxylic acids is 1. The lowest BCUT2D eigenvalue weighted by Crippen LogP contribution is -2.43. The highest BCUT2D eigenvalue weighted by atomic mass is 16.2. The second kappa shape index (κ2) is 7.88. The number of amides is 1. The van der Waals surface area contributed by atoms with Gasteiger partial charge in [0.1, 0.15) is 0 Å². The van der Waals surface area contributed by atoms with Crippen LogP contribution >= 0.6 is 0 Å². The van der Waals surface area contributed by atoms with Crippen molar-refractivity contribution in [2.45, 2.75) is 57.8 Å². The summed E-state index contributed by atoms with van der Waals surface area (Å²) in [6, 6.07) is 0. The fourth-order valence-electron chi connectivity index (χ4n) is 3.69. The normalized spacial score (nSPS) is 26.2. The number of hydrogen-bond donors (Lipinski definition) is 1. The van der Waals surface area contributed by atoms with E-state index in [1.54, 1.807) is 0 Å². The van der Waals surface area contributed by atoms with Crippen molar-refractivity contribution in [1.29, 1.82) is 0 Å². The van der Waals surface area contributed by atoms with E-state index in [1.165, 1.54) is 51.4 Å². The van der Waals surface area contributed by atoms with Crippen LogP contribution in [0.5, 0.6) is 0 Å². The Labute approximate surface area is 118 Å². The Morgan fingerprint density at radius 3 is 2.42 bits per heavy atom. The van der Waals surface area contributed by atoms with Crippen LogP contribution in [-0.4, -0.2) is 37.5 Å². The molecule has 2 aliphatic rings. The molecule has 19 heavy (non-hydrogen) atoms. The maximum absolute atomic E-state index is 12.4. The summed E-state index contributed by atoms with van der Waals surface area (Å²) in [4.78, 5) is 14.6. The molecule has 0 aromatic heterocycles. The molecule has 1 N–H and O–H groups in total. The van der Waals surface area contributed by atoms with Gasteiger partial charge < -0.3 is 10.2 Å². The van der Waals surface area contributed by atoms with Gasteiger partial charge in [0, 0.05) is 19.5 Å². The molecule has 0 bridgehead atoms. The number of likely N-dealkylation sites (tertiary alicyclic amines) is 1. The van der Waals surface area contributed by atoms with Crippen molar-refractivity contribution in [3.05, 3.63) is 0 Å². The number of nitrogens with one attached hydrogen (secondary N) is 1. The van der Waals surface area contributed by atoms with Gasteiger partial charge >= 0.3 is 0 Å². The first-order valence-corrected chi connectivity index (χ1v) is 8.22. The molecule has 0 aromatic rings. The molecule has 0 radical (unpaired) electrons. The summed E-state index contributed by atoms with van der Waals surface area (Å²) >= 11 is 0. The lowest BCUT2D eigenvalue weighted by atomic mass is 9.94. The van der Waals surface area contributed by atoms with Gasteiger partial charge in [-0.2, -0.15) is 0 Å². The summed E-state index contributed by atoms with van der Waals surface area (Å²) in [7, 11) is 2.01. The Morgan fingerprint density at radius 1 is 1.05 bits per heavy atom. The summed E-state index contributed by atoms with van der Waals surface area (Å²) in [6.07, 6.45) is 11.2. The van der Waals surface area contributed by atoms with E-state index >= 15 is 0 Å². The highest BCUT2D eigenvalue weighted by molar-refractivity contribution is 5.76. The van der Waals surface area contributed by atoms with E-state index in [0.717, 1.165) is 26.1 Å². The highest BCUT2D eigenvalue weighted by Crippen LogP contribution is 2.27. The number of carbonyl (C=O) groups is 1. The third kappa shape index (κ3) is 4.79. The van der Waals surface area contributed by atoms with E-state index < -0.39 is 0 Å². The van der Waals surface area contributed by atoms with E-state index in [4.69, 9.17) is 0 Å². The topological polar surface area (TPSA) is 32.3 Å². The molecule has 1 aliphatic heterocycles. The molecule has 1 heterocycles. The van der Waals surface area contributed by atoms with Crippen molar-refractivity contribution in [3.8, 4) is 0 Å². The maximum Gasteiger partial charge on any atom is 0.222 e. The highest BCUT2D eigenvalue weighted by Gasteiger charge is 2.25. The average Bonchev–Trinajstić information content (AvgIpc) is 2.68. The fourth-order valence-corrected chi connectivity index (χ4v) is 3.69. The smallest absolute Gasteiger partial charge is 0.222 e. The zero-order valence-corrected chi connectivity index (χ0v) is 12.5. The minimum Gasteiger partial charge on any atom is -0.342 e. The summed E-state index contributed by atoms with van der Waals surface area (Å²) in [6.45, 7) is 3.02. The van der Waals surface area contributed by atoms with E-state index in [2.05, 4.69) is 10.2 Å². The van der Waals surface area contributed by atoms with Gasteiger partial charge in [0.2, 0.25) is 5.91 Å². The molecular formula is C16H30N2O. The van der Waals surface area contributed by atoms with E-state index in [-0.39, 0.29) is 0 Å². The van der Waals surface area contributed by atoms with Crippen molar-refractivity contribution in [1.82, 2.24) is 10.2 Å². The van der Waals surface area contributed by atoms with Gasteiger partial charge in [-0.25, -0.2) is 0 Å². The number of hydrogen-bond acceptors (Lipinski definition) is 2. The second-order valence-corrected chi connectivity index (χ2v) is 6.47. The lowest BCUT2D eigenvalue weighted by Gasteiger charge is -2.33. The summed E-state index contributed by atoms with van der Waals surface area (Å²) in [5.74, 6) is 1.75. The van der Waals surface area contributed by atoms with Crippen molar-refractivity contribution < 1.29 is 4.79 Å². The van der Waals surface area contributed by atoms with Crippen molar-refractivity contribution in [3.63, 3.8) is 0 Å². The Hall–Kier alpha value is -0.570. The number of nitrogens with zero attached hydrogens (tertiary/aromatic N) is 1. The molecule has 1 unspecified atom stereocenters. The van der Waals surface area contributed by atoms with Gasteiger partial charge in [-0.1, -0.05) is 25.7 Å². The van der Waals surface area contributed by atoms with Crippen LogP contribution in [0.25, 0.3) is 0 Å². The molecular weight excluding hydrogens is 236 g/mol. The molecule has 0 aromatic carbocycles. The Kier molecular flexibility index (Phi) is 6.15. The second-order valence-electron chi connectivity index (χ2n) is 6.47. The van der Waals surface area contributed by atoms with Crippen LogP contribution in [0.1, 0.15) is 57.8 Å². The number of piperidine rings is 1. The van der Waals surface area contributed by atoms with Crippen LogP contribution in [0.2, 0.25) is 0 Å². The Morgan fingerprint density at radius 2 is 1.74 bits per heavy atom. The van der Waals surface area contributed by atoms with Crippen LogP contribution in [0, 0.1) is 11.8 Å². The van der Waals surface area contributed by atoms with E-state index in [1.807, 2.05) is 7.05 Å². The molecule has 110 valence electrons. The van der Waals surface area contributed by atoms with Gasteiger partial charge in [-0.15, -0.1) is 0 Å². The molecule has 1 atom stereocenters. The first-order chi connectivity index (χ1) is 9.29. The molecule has 0 spiro atoms. The molecule has 1 saturated heterocycles. The van der Waals surface area contributed by atoms with Crippen LogP contribution < -0.4 is 5.32 Å². The zero-order chi connectivity index (χ0) is 13.5.